The van der Waals surface area contributed by atoms with Crippen LogP contribution < -0.4 is 10.1 Å². The lowest BCUT2D eigenvalue weighted by molar-refractivity contribution is -0.145. The van der Waals surface area contributed by atoms with Crippen molar-refractivity contribution in [2.45, 2.75) is 6.92 Å². The fraction of sp³-hybridized carbons (Fsp3) is 0.214. The molecule has 1 heterocycles. The van der Waals surface area contributed by atoms with Crippen LogP contribution in [0.2, 0.25) is 0 Å². The fourth-order valence-corrected chi connectivity index (χ4v) is 2.35. The molecule has 1 fully saturated rings. The number of benzene rings is 1. The first-order valence-electron chi connectivity index (χ1n) is 6.27. The predicted octanol–water partition coefficient (Wildman–Crippen LogP) is 1.77. The van der Waals surface area contributed by atoms with Crippen LogP contribution in [0.4, 0.5) is 0 Å². The number of ether oxygens (including phenoxy) is 2. The molecule has 0 spiro atoms. The minimum Gasteiger partial charge on any atom is -0.481 e. The quantitative estimate of drug-likeness (QED) is 0.639. The Labute approximate surface area is 126 Å². The highest BCUT2D eigenvalue weighted by Gasteiger charge is 2.22. The van der Waals surface area contributed by atoms with Crippen LogP contribution in [0.3, 0.4) is 0 Å². The van der Waals surface area contributed by atoms with Gasteiger partial charge < -0.3 is 14.8 Å². The van der Waals surface area contributed by atoms with Crippen molar-refractivity contribution in [2.24, 2.45) is 0 Å². The molecule has 0 aliphatic carbocycles. The zero-order valence-electron chi connectivity index (χ0n) is 11.3. The Kier molecular flexibility index (Phi) is 4.99. The van der Waals surface area contributed by atoms with Crippen molar-refractivity contribution in [3.8, 4) is 5.75 Å². The van der Waals surface area contributed by atoms with Gasteiger partial charge in [-0.05, 0) is 30.8 Å². The molecule has 21 heavy (non-hydrogen) atoms. The minimum absolute atomic E-state index is 0.0937. The van der Waals surface area contributed by atoms with E-state index in [1.807, 2.05) is 0 Å². The molecular formula is C14H14N2O4S. The molecule has 6 nitrogen and oxygen atoms in total. The van der Waals surface area contributed by atoms with Crippen LogP contribution >= 0.6 is 11.8 Å². The summed E-state index contributed by atoms with van der Waals surface area (Å²) in [5, 5.41) is 9.90. The Bertz CT molecular complexity index is 613. The third-order valence-corrected chi connectivity index (χ3v) is 3.35. The van der Waals surface area contributed by atoms with Gasteiger partial charge >= 0.3 is 5.97 Å². The Morgan fingerprint density at radius 2 is 2.19 bits per heavy atom. The van der Waals surface area contributed by atoms with E-state index in [1.165, 1.54) is 0 Å². The van der Waals surface area contributed by atoms with E-state index in [1.54, 1.807) is 37.3 Å². The van der Waals surface area contributed by atoms with Crippen LogP contribution in [-0.4, -0.2) is 30.3 Å². The smallest absolute Gasteiger partial charge is 0.344 e. The fourth-order valence-electron chi connectivity index (χ4n) is 1.65. The molecule has 1 aliphatic rings. The van der Waals surface area contributed by atoms with Crippen LogP contribution in [0.15, 0.2) is 29.2 Å². The van der Waals surface area contributed by atoms with Crippen LogP contribution in [0.1, 0.15) is 12.5 Å². The monoisotopic (exact) mass is 306 g/mol. The molecule has 1 aromatic carbocycles. The number of rotatable bonds is 5. The number of esters is 1. The zero-order valence-corrected chi connectivity index (χ0v) is 12.2. The lowest BCUT2D eigenvalue weighted by Gasteiger charge is -2.08. The highest BCUT2D eigenvalue weighted by atomic mass is 32.2. The van der Waals surface area contributed by atoms with Gasteiger partial charge in [-0.2, -0.15) is 0 Å². The van der Waals surface area contributed by atoms with Gasteiger partial charge in [0.05, 0.1) is 11.5 Å². The van der Waals surface area contributed by atoms with Crippen molar-refractivity contribution in [3.05, 3.63) is 34.7 Å². The zero-order chi connectivity index (χ0) is 15.2. The van der Waals surface area contributed by atoms with Crippen molar-refractivity contribution in [2.75, 3.05) is 13.2 Å². The molecule has 0 aromatic heterocycles. The summed E-state index contributed by atoms with van der Waals surface area (Å²) in [6.45, 7) is 1.83. The van der Waals surface area contributed by atoms with Gasteiger partial charge in [-0.15, -0.1) is 0 Å². The summed E-state index contributed by atoms with van der Waals surface area (Å²) >= 11 is 1.05. The van der Waals surface area contributed by atoms with E-state index in [2.05, 4.69) is 5.32 Å². The first-order valence-corrected chi connectivity index (χ1v) is 7.08. The molecule has 110 valence electrons. The number of nitrogens with one attached hydrogen (secondary N) is 2. The number of amides is 1. The normalized spacial score (nSPS) is 16.0. The highest BCUT2D eigenvalue weighted by molar-refractivity contribution is 8.18. The predicted molar refractivity (Wildman–Crippen MR) is 80.0 cm³/mol. The van der Waals surface area contributed by atoms with E-state index in [9.17, 15) is 9.59 Å². The first-order chi connectivity index (χ1) is 10.1. The molecule has 0 saturated carbocycles. The number of hydrogen-bond acceptors (Lipinski definition) is 6. The van der Waals surface area contributed by atoms with Crippen molar-refractivity contribution < 1.29 is 19.1 Å². The number of para-hydroxylation sites is 1. The molecule has 2 rings (SSSR count). The number of hydrogen-bond donors (Lipinski definition) is 2. The molecule has 0 unspecified atom stereocenters. The summed E-state index contributed by atoms with van der Waals surface area (Å²) in [4.78, 5) is 23.3. The summed E-state index contributed by atoms with van der Waals surface area (Å²) in [6, 6.07) is 7.04. The Morgan fingerprint density at radius 3 is 2.86 bits per heavy atom. The topological polar surface area (TPSA) is 88.5 Å². The molecule has 1 aliphatic heterocycles. The van der Waals surface area contributed by atoms with E-state index in [4.69, 9.17) is 14.9 Å². The van der Waals surface area contributed by atoms with Crippen LogP contribution in [0.5, 0.6) is 5.75 Å². The maximum atomic E-state index is 11.6. The third-order valence-electron chi connectivity index (χ3n) is 2.52. The number of carbonyl (C=O) groups excluding carboxylic acids is 2. The third kappa shape index (κ3) is 4.09. The van der Waals surface area contributed by atoms with Gasteiger partial charge in [0, 0.05) is 5.56 Å². The summed E-state index contributed by atoms with van der Waals surface area (Å²) < 4.78 is 10.2. The second-order valence-electron chi connectivity index (χ2n) is 4.03. The molecule has 1 saturated heterocycles. The summed E-state index contributed by atoms with van der Waals surface area (Å²) in [6.07, 6.45) is 1.63. The molecule has 1 aromatic rings. The minimum atomic E-state index is -0.449. The van der Waals surface area contributed by atoms with Crippen molar-refractivity contribution in [3.63, 3.8) is 0 Å². The van der Waals surface area contributed by atoms with Gasteiger partial charge in [-0.25, -0.2) is 4.79 Å². The van der Waals surface area contributed by atoms with E-state index < -0.39 is 5.97 Å². The van der Waals surface area contributed by atoms with Crippen molar-refractivity contribution in [1.29, 1.82) is 5.41 Å². The first kappa shape index (κ1) is 15.1. The van der Waals surface area contributed by atoms with Crippen LogP contribution in [-0.2, 0) is 14.3 Å². The van der Waals surface area contributed by atoms with Gasteiger partial charge in [0.2, 0.25) is 0 Å². The Balaban J connectivity index is 2.14. The number of carbonyl (C=O) groups is 2. The largest absolute Gasteiger partial charge is 0.481 e. The second-order valence-corrected chi connectivity index (χ2v) is 5.08. The highest BCUT2D eigenvalue weighted by Crippen LogP contribution is 2.28. The standard InChI is InChI=1S/C14H14N2O4S/c1-2-19-12(17)8-20-10-6-4-3-5-9(10)7-11-13(18)16-14(15)21-11/h3-7H,2,8H2,1H3,(H2,15,16,18). The molecule has 0 radical (unpaired) electrons. The van der Waals surface area contributed by atoms with Crippen molar-refractivity contribution >= 4 is 34.9 Å². The van der Waals surface area contributed by atoms with Crippen molar-refractivity contribution in [1.82, 2.24) is 5.32 Å². The lowest BCUT2D eigenvalue weighted by atomic mass is 10.2. The molecule has 7 heteroatoms. The Morgan fingerprint density at radius 1 is 1.43 bits per heavy atom. The van der Waals surface area contributed by atoms with Gasteiger partial charge in [0.1, 0.15) is 5.75 Å². The van der Waals surface area contributed by atoms with E-state index in [0.29, 0.717) is 22.8 Å². The maximum Gasteiger partial charge on any atom is 0.344 e. The van der Waals surface area contributed by atoms with Gasteiger partial charge in [-0.1, -0.05) is 18.2 Å². The Hall–Kier alpha value is -2.28. The lowest BCUT2D eigenvalue weighted by Crippen LogP contribution is -2.18. The van der Waals surface area contributed by atoms with Gasteiger partial charge in [-0.3, -0.25) is 10.2 Å². The van der Waals surface area contributed by atoms with Crippen LogP contribution in [0.25, 0.3) is 6.08 Å². The second kappa shape index (κ2) is 6.94. The summed E-state index contributed by atoms with van der Waals surface area (Å²) in [5.74, 6) is -0.287. The van der Waals surface area contributed by atoms with E-state index in [0.717, 1.165) is 11.8 Å². The molecule has 1 amide bonds. The average Bonchev–Trinajstić information content (AvgIpc) is 2.76. The average molecular weight is 306 g/mol. The van der Waals surface area contributed by atoms with E-state index >= 15 is 0 Å². The van der Waals surface area contributed by atoms with Crippen LogP contribution in [0, 0.1) is 5.41 Å². The number of thioether (sulfide) groups is 1. The van der Waals surface area contributed by atoms with E-state index in [-0.39, 0.29) is 17.7 Å². The number of amidine groups is 1. The molecule has 0 bridgehead atoms. The molecular weight excluding hydrogens is 292 g/mol. The SMILES string of the molecule is CCOC(=O)COc1ccccc1C=C1SC(=N)NC1=O. The summed E-state index contributed by atoms with van der Waals surface area (Å²) in [7, 11) is 0. The molecule has 0 atom stereocenters. The summed E-state index contributed by atoms with van der Waals surface area (Å²) in [5.41, 5.74) is 0.661. The van der Waals surface area contributed by atoms with Gasteiger partial charge in [0.25, 0.3) is 5.91 Å². The maximum absolute atomic E-state index is 11.6. The van der Waals surface area contributed by atoms with Gasteiger partial charge in [0.15, 0.2) is 11.8 Å². The molecule has 2 N–H and O–H groups in total.